The molecular weight excluding hydrogens is 302 g/mol. The first-order valence-electron chi connectivity index (χ1n) is 7.68. The fourth-order valence-electron chi connectivity index (χ4n) is 2.50. The fraction of sp³-hybridized carbons (Fsp3) is 0.250. The molecule has 0 spiro atoms. The van der Waals surface area contributed by atoms with Crippen molar-refractivity contribution in [2.45, 2.75) is 13.3 Å². The molecule has 0 saturated carbocycles. The van der Waals surface area contributed by atoms with Gasteiger partial charge in [-0.3, -0.25) is 0 Å². The van der Waals surface area contributed by atoms with Crippen LogP contribution in [0, 0.1) is 11.3 Å². The first-order valence-corrected chi connectivity index (χ1v) is 7.68. The predicted molar refractivity (Wildman–Crippen MR) is 95.6 cm³/mol. The highest BCUT2D eigenvalue weighted by Gasteiger charge is 2.14. The molecule has 0 unspecified atom stereocenters. The summed E-state index contributed by atoms with van der Waals surface area (Å²) in [6.45, 7) is 2.07. The highest BCUT2D eigenvalue weighted by molar-refractivity contribution is 5.77. The van der Waals surface area contributed by atoms with Crippen LogP contribution in [-0.4, -0.2) is 21.3 Å². The van der Waals surface area contributed by atoms with E-state index in [9.17, 15) is 5.26 Å². The van der Waals surface area contributed by atoms with Crippen molar-refractivity contribution in [1.29, 1.82) is 5.26 Å². The molecule has 0 heterocycles. The van der Waals surface area contributed by atoms with E-state index in [4.69, 9.17) is 14.2 Å². The Morgan fingerprint density at radius 2 is 1.58 bits per heavy atom. The molecule has 2 rings (SSSR count). The van der Waals surface area contributed by atoms with E-state index in [1.54, 1.807) is 21.3 Å². The summed E-state index contributed by atoms with van der Waals surface area (Å²) in [6.07, 6.45) is 4.71. The first kappa shape index (κ1) is 17.4. The lowest BCUT2D eigenvalue weighted by Crippen LogP contribution is -1.96. The lowest BCUT2D eigenvalue weighted by Gasteiger charge is -2.14. The molecule has 0 saturated heterocycles. The van der Waals surface area contributed by atoms with Crippen LogP contribution in [-0.2, 0) is 6.42 Å². The molecule has 0 bridgehead atoms. The molecular formula is C20H21NO3. The molecule has 0 aliphatic carbocycles. The minimum Gasteiger partial charge on any atom is -0.493 e. The molecule has 0 aromatic heterocycles. The summed E-state index contributed by atoms with van der Waals surface area (Å²) in [6, 6.07) is 11.9. The summed E-state index contributed by atoms with van der Waals surface area (Å²) >= 11 is 0. The number of rotatable bonds is 6. The highest BCUT2D eigenvalue weighted by Crippen LogP contribution is 2.40. The largest absolute Gasteiger partial charge is 0.493 e. The van der Waals surface area contributed by atoms with Crippen LogP contribution >= 0.6 is 0 Å². The molecule has 4 heteroatoms. The Bertz CT molecular complexity index is 788. The van der Waals surface area contributed by atoms with Crippen LogP contribution in [0.15, 0.2) is 30.3 Å². The van der Waals surface area contributed by atoms with Gasteiger partial charge >= 0.3 is 0 Å². The Labute approximate surface area is 142 Å². The van der Waals surface area contributed by atoms with Crippen molar-refractivity contribution < 1.29 is 14.2 Å². The molecule has 0 aliphatic heterocycles. The van der Waals surface area contributed by atoms with E-state index in [1.165, 1.54) is 0 Å². The summed E-state index contributed by atoms with van der Waals surface area (Å²) in [5.74, 6) is 1.75. The van der Waals surface area contributed by atoms with Gasteiger partial charge in [-0.05, 0) is 35.7 Å². The molecule has 24 heavy (non-hydrogen) atoms. The van der Waals surface area contributed by atoms with Crippen molar-refractivity contribution in [3.8, 4) is 23.3 Å². The van der Waals surface area contributed by atoms with Crippen LogP contribution in [0.25, 0.3) is 12.2 Å². The molecule has 4 nitrogen and oxygen atoms in total. The zero-order valence-corrected chi connectivity index (χ0v) is 14.4. The maximum Gasteiger partial charge on any atom is 0.203 e. The normalized spacial score (nSPS) is 10.5. The monoisotopic (exact) mass is 323 g/mol. The second-order valence-corrected chi connectivity index (χ2v) is 5.14. The van der Waals surface area contributed by atoms with Crippen molar-refractivity contribution in [1.82, 2.24) is 0 Å². The Kier molecular flexibility index (Phi) is 5.86. The van der Waals surface area contributed by atoms with Gasteiger partial charge in [-0.2, -0.15) is 5.26 Å². The van der Waals surface area contributed by atoms with Gasteiger partial charge in [-0.1, -0.05) is 31.2 Å². The molecule has 2 aromatic carbocycles. The van der Waals surface area contributed by atoms with Crippen LogP contribution < -0.4 is 14.2 Å². The van der Waals surface area contributed by atoms with E-state index >= 15 is 0 Å². The van der Waals surface area contributed by atoms with E-state index in [0.717, 1.165) is 23.1 Å². The third-order valence-corrected chi connectivity index (χ3v) is 3.82. The van der Waals surface area contributed by atoms with Gasteiger partial charge in [0, 0.05) is 5.56 Å². The maximum absolute atomic E-state index is 9.34. The summed E-state index contributed by atoms with van der Waals surface area (Å²) < 4.78 is 16.1. The lowest BCUT2D eigenvalue weighted by molar-refractivity contribution is 0.324. The molecule has 0 radical (unpaired) electrons. The van der Waals surface area contributed by atoms with Crippen LogP contribution in [0.5, 0.6) is 17.2 Å². The number of ether oxygens (including phenoxy) is 3. The smallest absolute Gasteiger partial charge is 0.203 e. The summed E-state index contributed by atoms with van der Waals surface area (Å²) in [5.41, 5.74) is 3.52. The van der Waals surface area contributed by atoms with Gasteiger partial charge in [0.25, 0.3) is 0 Å². The zero-order valence-electron chi connectivity index (χ0n) is 14.4. The van der Waals surface area contributed by atoms with Crippen LogP contribution in [0.3, 0.4) is 0 Å². The number of nitriles is 1. The SMILES string of the molecule is CCc1ccc(C=Cc2ccc(OC)c(OC)c2OC)c(C#N)c1. The van der Waals surface area contributed by atoms with Gasteiger partial charge < -0.3 is 14.2 Å². The lowest BCUT2D eigenvalue weighted by atomic mass is 10.0. The molecule has 0 aliphatic rings. The first-order chi connectivity index (χ1) is 11.7. The van der Waals surface area contributed by atoms with E-state index < -0.39 is 0 Å². The van der Waals surface area contributed by atoms with Crippen molar-refractivity contribution in [2.24, 2.45) is 0 Å². The van der Waals surface area contributed by atoms with Crippen molar-refractivity contribution in [3.05, 3.63) is 52.6 Å². The van der Waals surface area contributed by atoms with Gasteiger partial charge in [0.05, 0.1) is 33.0 Å². The van der Waals surface area contributed by atoms with Gasteiger partial charge in [0.2, 0.25) is 5.75 Å². The van der Waals surface area contributed by atoms with Gasteiger partial charge in [-0.25, -0.2) is 0 Å². The van der Waals surface area contributed by atoms with E-state index in [0.29, 0.717) is 22.8 Å². The molecule has 0 fully saturated rings. The van der Waals surface area contributed by atoms with Gasteiger partial charge in [0.1, 0.15) is 0 Å². The second kappa shape index (κ2) is 8.07. The Hall–Kier alpha value is -2.93. The fourth-order valence-corrected chi connectivity index (χ4v) is 2.50. The molecule has 0 amide bonds. The van der Waals surface area contributed by atoms with Crippen LogP contribution in [0.2, 0.25) is 0 Å². The molecule has 2 aromatic rings. The van der Waals surface area contributed by atoms with Crippen molar-refractivity contribution >= 4 is 12.2 Å². The Morgan fingerprint density at radius 1 is 0.917 bits per heavy atom. The molecule has 0 N–H and O–H groups in total. The van der Waals surface area contributed by atoms with E-state index in [-0.39, 0.29) is 0 Å². The average Bonchev–Trinajstić information content (AvgIpc) is 2.64. The molecule has 0 atom stereocenters. The summed E-state index contributed by atoms with van der Waals surface area (Å²) in [4.78, 5) is 0. The minimum atomic E-state index is 0.545. The van der Waals surface area contributed by atoms with Crippen LogP contribution in [0.1, 0.15) is 29.2 Å². The standard InChI is InChI=1S/C20H21NO3/c1-5-14-6-7-15(17(12-14)13-21)8-9-16-10-11-18(22-2)20(24-4)19(16)23-3/h6-12H,5H2,1-4H3. The number of nitrogens with zero attached hydrogens (tertiary/aromatic N) is 1. The summed E-state index contributed by atoms with van der Waals surface area (Å²) in [7, 11) is 4.75. The van der Waals surface area contributed by atoms with Crippen molar-refractivity contribution in [3.63, 3.8) is 0 Å². The quantitative estimate of drug-likeness (QED) is 0.743. The second-order valence-electron chi connectivity index (χ2n) is 5.14. The third-order valence-electron chi connectivity index (χ3n) is 3.82. The number of benzene rings is 2. The van der Waals surface area contributed by atoms with Crippen molar-refractivity contribution in [2.75, 3.05) is 21.3 Å². The highest BCUT2D eigenvalue weighted by atomic mass is 16.5. The number of methoxy groups -OCH3 is 3. The zero-order chi connectivity index (χ0) is 17.5. The molecule has 124 valence electrons. The topological polar surface area (TPSA) is 51.5 Å². The number of hydrogen-bond donors (Lipinski definition) is 0. The summed E-state index contributed by atoms with van der Waals surface area (Å²) in [5, 5.41) is 9.34. The minimum absolute atomic E-state index is 0.545. The number of hydrogen-bond acceptors (Lipinski definition) is 4. The number of aryl methyl sites for hydroxylation is 1. The Morgan fingerprint density at radius 3 is 2.17 bits per heavy atom. The Balaban J connectivity index is 2.45. The van der Waals surface area contributed by atoms with E-state index in [1.807, 2.05) is 42.5 Å². The third kappa shape index (κ3) is 3.52. The average molecular weight is 323 g/mol. The van der Waals surface area contributed by atoms with E-state index in [2.05, 4.69) is 13.0 Å². The van der Waals surface area contributed by atoms with Gasteiger partial charge in [0.15, 0.2) is 11.5 Å². The van der Waals surface area contributed by atoms with Gasteiger partial charge in [-0.15, -0.1) is 0 Å². The van der Waals surface area contributed by atoms with Crippen LogP contribution in [0.4, 0.5) is 0 Å². The predicted octanol–water partition coefficient (Wildman–Crippen LogP) is 4.32. The maximum atomic E-state index is 9.34.